The minimum atomic E-state index is -0.837. The van der Waals surface area contributed by atoms with E-state index in [0.717, 1.165) is 25.0 Å². The van der Waals surface area contributed by atoms with E-state index in [4.69, 9.17) is 0 Å². The quantitative estimate of drug-likeness (QED) is 0.745. The van der Waals surface area contributed by atoms with Gasteiger partial charge in [-0.05, 0) is 42.7 Å². The first-order valence-electron chi connectivity index (χ1n) is 8.18. The Labute approximate surface area is 141 Å². The van der Waals surface area contributed by atoms with E-state index in [1.165, 1.54) is 30.7 Å². The Kier molecular flexibility index (Phi) is 7.17. The molecule has 0 aromatic heterocycles. The summed E-state index contributed by atoms with van der Waals surface area (Å²) in [5.74, 6) is 0.761. The van der Waals surface area contributed by atoms with E-state index in [1.807, 2.05) is 11.8 Å². The minimum Gasteiger partial charge on any atom is -0.387 e. The molecule has 4 nitrogen and oxygen atoms in total. The molecule has 1 aliphatic carbocycles. The SMILES string of the molecule is CCSC1CCCC(NC(=O)NCC(O)c2ccc(F)cc2)C1. The highest BCUT2D eigenvalue weighted by Crippen LogP contribution is 2.28. The Morgan fingerprint density at radius 2 is 2.13 bits per heavy atom. The van der Waals surface area contributed by atoms with Crippen LogP contribution in [0.15, 0.2) is 24.3 Å². The first-order chi connectivity index (χ1) is 11.1. The number of amides is 2. The van der Waals surface area contributed by atoms with Crippen molar-refractivity contribution in [3.63, 3.8) is 0 Å². The summed E-state index contributed by atoms with van der Waals surface area (Å²) in [6.07, 6.45) is 3.54. The molecule has 2 amide bonds. The van der Waals surface area contributed by atoms with Gasteiger partial charge >= 0.3 is 6.03 Å². The molecule has 1 saturated carbocycles. The van der Waals surface area contributed by atoms with Crippen molar-refractivity contribution in [1.82, 2.24) is 10.6 Å². The first kappa shape index (κ1) is 18.1. The molecule has 6 heteroatoms. The average molecular weight is 340 g/mol. The van der Waals surface area contributed by atoms with Gasteiger partial charge in [0.25, 0.3) is 0 Å². The van der Waals surface area contributed by atoms with Gasteiger partial charge in [-0.1, -0.05) is 25.5 Å². The van der Waals surface area contributed by atoms with Gasteiger partial charge in [0, 0.05) is 17.8 Å². The molecule has 0 bridgehead atoms. The summed E-state index contributed by atoms with van der Waals surface area (Å²) in [4.78, 5) is 12.0. The number of urea groups is 1. The third kappa shape index (κ3) is 6.03. The number of halogens is 1. The number of aliphatic hydroxyl groups is 1. The number of thioether (sulfide) groups is 1. The van der Waals surface area contributed by atoms with Crippen molar-refractivity contribution in [3.05, 3.63) is 35.6 Å². The van der Waals surface area contributed by atoms with E-state index in [0.29, 0.717) is 10.8 Å². The summed E-state index contributed by atoms with van der Waals surface area (Å²) in [6.45, 7) is 2.27. The van der Waals surface area contributed by atoms with Crippen LogP contribution in [0.5, 0.6) is 0 Å². The third-order valence-corrected chi connectivity index (χ3v) is 5.31. The fraction of sp³-hybridized carbons (Fsp3) is 0.588. The Morgan fingerprint density at radius 3 is 2.83 bits per heavy atom. The molecule has 1 aromatic carbocycles. The number of carbonyl (C=O) groups excluding carboxylic acids is 1. The smallest absolute Gasteiger partial charge is 0.315 e. The van der Waals surface area contributed by atoms with Gasteiger partial charge in [-0.2, -0.15) is 11.8 Å². The molecule has 3 atom stereocenters. The lowest BCUT2D eigenvalue weighted by molar-refractivity contribution is 0.172. The van der Waals surface area contributed by atoms with Gasteiger partial charge < -0.3 is 15.7 Å². The predicted octanol–water partition coefficient (Wildman–Crippen LogP) is 3.22. The van der Waals surface area contributed by atoms with Gasteiger partial charge in [0.1, 0.15) is 5.82 Å². The lowest BCUT2D eigenvalue weighted by atomic mass is 9.95. The van der Waals surface area contributed by atoms with Crippen LogP contribution < -0.4 is 10.6 Å². The van der Waals surface area contributed by atoms with Gasteiger partial charge in [-0.15, -0.1) is 0 Å². The van der Waals surface area contributed by atoms with Crippen molar-refractivity contribution in [3.8, 4) is 0 Å². The molecule has 0 aliphatic heterocycles. The number of benzene rings is 1. The van der Waals surface area contributed by atoms with Crippen LogP contribution in [-0.4, -0.2) is 34.7 Å². The summed E-state index contributed by atoms with van der Waals surface area (Å²) in [5, 5.41) is 16.3. The Morgan fingerprint density at radius 1 is 1.39 bits per heavy atom. The fourth-order valence-electron chi connectivity index (χ4n) is 2.89. The zero-order valence-electron chi connectivity index (χ0n) is 13.4. The van der Waals surface area contributed by atoms with Gasteiger partial charge in [-0.3, -0.25) is 0 Å². The van der Waals surface area contributed by atoms with E-state index in [-0.39, 0.29) is 24.4 Å². The third-order valence-electron chi connectivity index (χ3n) is 4.07. The van der Waals surface area contributed by atoms with E-state index in [1.54, 1.807) is 0 Å². The average Bonchev–Trinajstić information content (AvgIpc) is 2.54. The molecular weight excluding hydrogens is 315 g/mol. The van der Waals surface area contributed by atoms with Gasteiger partial charge in [0.2, 0.25) is 0 Å². The highest BCUT2D eigenvalue weighted by Gasteiger charge is 2.23. The van der Waals surface area contributed by atoms with Gasteiger partial charge in [0.05, 0.1) is 6.10 Å². The van der Waals surface area contributed by atoms with Gasteiger partial charge in [0.15, 0.2) is 0 Å². The second-order valence-corrected chi connectivity index (χ2v) is 7.44. The van der Waals surface area contributed by atoms with Gasteiger partial charge in [-0.25, -0.2) is 9.18 Å². The maximum Gasteiger partial charge on any atom is 0.315 e. The monoisotopic (exact) mass is 340 g/mol. The number of carbonyl (C=O) groups is 1. The van der Waals surface area contributed by atoms with Crippen LogP contribution in [-0.2, 0) is 0 Å². The highest BCUT2D eigenvalue weighted by atomic mass is 32.2. The molecule has 0 heterocycles. The summed E-state index contributed by atoms with van der Waals surface area (Å²) >= 11 is 1.96. The second-order valence-electron chi connectivity index (χ2n) is 5.86. The van der Waals surface area contributed by atoms with E-state index in [9.17, 15) is 14.3 Å². The number of hydrogen-bond donors (Lipinski definition) is 3. The van der Waals surface area contributed by atoms with Crippen molar-refractivity contribution >= 4 is 17.8 Å². The largest absolute Gasteiger partial charge is 0.387 e. The molecule has 1 fully saturated rings. The summed E-state index contributed by atoms with van der Waals surface area (Å²) in [5.41, 5.74) is 0.587. The highest BCUT2D eigenvalue weighted by molar-refractivity contribution is 7.99. The van der Waals surface area contributed by atoms with Crippen molar-refractivity contribution in [1.29, 1.82) is 0 Å². The maximum atomic E-state index is 12.8. The molecule has 3 unspecified atom stereocenters. The standard InChI is InChI=1S/C17H25FN2O2S/c1-2-23-15-5-3-4-14(10-15)20-17(22)19-11-16(21)12-6-8-13(18)9-7-12/h6-9,14-16,21H,2-5,10-11H2,1H3,(H2,19,20,22). The van der Waals surface area contributed by atoms with Crippen molar-refractivity contribution in [2.75, 3.05) is 12.3 Å². The fourth-order valence-corrected chi connectivity index (χ4v) is 4.06. The van der Waals surface area contributed by atoms with Crippen LogP contribution in [0.3, 0.4) is 0 Å². The maximum absolute atomic E-state index is 12.8. The van der Waals surface area contributed by atoms with Crippen LogP contribution in [0.25, 0.3) is 0 Å². The van der Waals surface area contributed by atoms with Crippen LogP contribution in [0.2, 0.25) is 0 Å². The number of rotatable bonds is 6. The molecule has 0 saturated heterocycles. The van der Waals surface area contributed by atoms with E-state index in [2.05, 4.69) is 17.6 Å². The van der Waals surface area contributed by atoms with Crippen molar-refractivity contribution in [2.45, 2.75) is 50.0 Å². The van der Waals surface area contributed by atoms with Crippen LogP contribution in [0.1, 0.15) is 44.3 Å². The second kappa shape index (κ2) is 9.13. The summed E-state index contributed by atoms with van der Waals surface area (Å²) < 4.78 is 12.8. The molecular formula is C17H25FN2O2S. The minimum absolute atomic E-state index is 0.108. The molecule has 0 spiro atoms. The molecule has 1 aliphatic rings. The normalized spacial score (nSPS) is 22.4. The topological polar surface area (TPSA) is 61.4 Å². The molecule has 23 heavy (non-hydrogen) atoms. The van der Waals surface area contributed by atoms with Crippen LogP contribution in [0.4, 0.5) is 9.18 Å². The zero-order chi connectivity index (χ0) is 16.7. The predicted molar refractivity (Wildman–Crippen MR) is 92.1 cm³/mol. The summed E-state index contributed by atoms with van der Waals surface area (Å²) in [6, 6.07) is 5.59. The number of aliphatic hydroxyl groups excluding tert-OH is 1. The molecule has 128 valence electrons. The van der Waals surface area contributed by atoms with Crippen molar-refractivity contribution in [2.24, 2.45) is 0 Å². The molecule has 2 rings (SSSR count). The van der Waals surface area contributed by atoms with Crippen LogP contribution >= 0.6 is 11.8 Å². The van der Waals surface area contributed by atoms with E-state index < -0.39 is 6.10 Å². The molecule has 1 aromatic rings. The summed E-state index contributed by atoms with van der Waals surface area (Å²) in [7, 11) is 0. The van der Waals surface area contributed by atoms with Crippen molar-refractivity contribution < 1.29 is 14.3 Å². The van der Waals surface area contributed by atoms with Crippen LogP contribution in [0, 0.1) is 5.82 Å². The lowest BCUT2D eigenvalue weighted by Crippen LogP contribution is -2.45. The number of hydrogen-bond acceptors (Lipinski definition) is 3. The Balaban J connectivity index is 1.73. The van der Waals surface area contributed by atoms with E-state index >= 15 is 0 Å². The number of nitrogens with one attached hydrogen (secondary N) is 2. The Bertz CT molecular complexity index is 496. The first-order valence-corrected chi connectivity index (χ1v) is 9.23. The molecule has 0 radical (unpaired) electrons. The zero-order valence-corrected chi connectivity index (χ0v) is 14.2. The molecule has 3 N–H and O–H groups in total. The Hall–Kier alpha value is -1.27. The lowest BCUT2D eigenvalue weighted by Gasteiger charge is -2.29.